The van der Waals surface area contributed by atoms with Crippen molar-refractivity contribution in [3.63, 3.8) is 0 Å². The minimum Gasteiger partial charge on any atom is -0.465 e. The molecule has 0 saturated carbocycles. The molecule has 7 aromatic rings. The topological polar surface area (TPSA) is 181 Å². The highest BCUT2D eigenvalue weighted by Crippen LogP contribution is 2.37. The molecule has 7 rings (SSSR count). The van der Waals surface area contributed by atoms with E-state index in [1.54, 1.807) is 115 Å². The molecule has 3 heterocycles. The average Bonchev–Trinajstić information content (AvgIpc) is 4.13. The number of alkyl halides is 6. The molecule has 77 heavy (non-hydrogen) atoms. The summed E-state index contributed by atoms with van der Waals surface area (Å²) in [6.07, 6.45) is -4.45. The summed E-state index contributed by atoms with van der Waals surface area (Å²) in [5.74, 6) is -0.575. The number of aryl methyl sites for hydroxylation is 1. The summed E-state index contributed by atoms with van der Waals surface area (Å²) in [6, 6.07) is 19.7. The monoisotopic (exact) mass is 1170 g/mol. The van der Waals surface area contributed by atoms with E-state index < -0.39 is 46.8 Å². The number of nitrogens with one attached hydrogen (secondary N) is 3. The van der Waals surface area contributed by atoms with Gasteiger partial charge in [0.05, 0.1) is 48.3 Å². The van der Waals surface area contributed by atoms with Gasteiger partial charge in [-0.25, -0.2) is 19.6 Å². The summed E-state index contributed by atoms with van der Waals surface area (Å²) in [6.45, 7) is 13.8. The molecule has 0 spiro atoms. The molecule has 0 unspecified atom stereocenters. The molecule has 23 heteroatoms. The third-order valence-electron chi connectivity index (χ3n) is 11.6. The maximum atomic E-state index is 13.5. The molecule has 4 N–H and O–H groups in total. The van der Waals surface area contributed by atoms with Gasteiger partial charge >= 0.3 is 24.5 Å². The molecule has 0 aliphatic rings. The Morgan fingerprint density at radius 2 is 1.17 bits per heavy atom. The highest BCUT2D eigenvalue weighted by molar-refractivity contribution is 9.11. The average molecular weight is 1170 g/mol. The molecular formula is C54H55BrF6N8O6S2. The van der Waals surface area contributed by atoms with Crippen LogP contribution in [0.15, 0.2) is 114 Å². The Kier molecular flexibility index (Phi) is 18.5. The molecule has 3 aromatic heterocycles. The maximum Gasteiger partial charge on any atom is 0.416 e. The number of halogens is 7. The first-order valence-corrected chi connectivity index (χ1v) is 26.0. The fourth-order valence-corrected chi connectivity index (χ4v) is 9.55. The Balaban J connectivity index is 0.000000252. The van der Waals surface area contributed by atoms with E-state index in [9.17, 15) is 50.6 Å². The normalized spacial score (nSPS) is 12.7. The number of rotatable bonds is 13. The summed E-state index contributed by atoms with van der Waals surface area (Å²) in [4.78, 5) is 59.6. The van der Waals surface area contributed by atoms with Crippen molar-refractivity contribution >= 4 is 62.6 Å². The Morgan fingerprint density at radius 3 is 1.60 bits per heavy atom. The van der Waals surface area contributed by atoms with Gasteiger partial charge in [0.25, 0.3) is 11.8 Å². The number of thiazole rings is 2. The summed E-state index contributed by atoms with van der Waals surface area (Å²) < 4.78 is 88.4. The first-order valence-electron chi connectivity index (χ1n) is 23.6. The van der Waals surface area contributed by atoms with Crippen molar-refractivity contribution < 1.29 is 55.4 Å². The van der Waals surface area contributed by atoms with Crippen molar-refractivity contribution in [2.24, 2.45) is 7.05 Å². The fourth-order valence-electron chi connectivity index (χ4n) is 7.59. The zero-order valence-corrected chi connectivity index (χ0v) is 46.4. The maximum absolute atomic E-state index is 13.5. The minimum atomic E-state index is -4.55. The zero-order valence-electron chi connectivity index (χ0n) is 43.1. The van der Waals surface area contributed by atoms with Crippen LogP contribution in [0.3, 0.4) is 0 Å². The first kappa shape index (κ1) is 59.1. The van der Waals surface area contributed by atoms with Crippen molar-refractivity contribution in [1.82, 2.24) is 40.6 Å². The molecule has 0 aliphatic heterocycles. The van der Waals surface area contributed by atoms with Crippen LogP contribution in [0.25, 0.3) is 32.8 Å². The second kappa shape index (κ2) is 24.1. The van der Waals surface area contributed by atoms with Crippen molar-refractivity contribution in [3.05, 3.63) is 157 Å². The van der Waals surface area contributed by atoms with Gasteiger partial charge in [0.1, 0.15) is 20.4 Å². The Hall–Kier alpha value is -7.11. The standard InChI is InChI=1S/C29H30F3N5O3S.C25H25BrF3N3O3S/c1-17(36-25(38)24-15-33-26(41-24)21-14-35-37(5)16-21)18-6-8-19(9-7-18)23-12-22(29(30,31)32)11-10-20(23)13-34-27(39)40-28(2,3)4;1-14(31-21(33)20-12-30-22(26)36-20)15-5-7-16(8-6-15)19-11-18(25(27,28)29)10-9-17(19)13-32(23(34)35)24(2,3)4/h6-12,14-17H,13H2,1-5H3,(H,34,39)(H,36,38);5-12,14H,13H2,1-4H3,(H,31,33)(H,34,35)/t17-;14-/m11/s1. The van der Waals surface area contributed by atoms with E-state index in [2.05, 4.69) is 46.9 Å². The Labute approximate surface area is 457 Å². The van der Waals surface area contributed by atoms with E-state index in [1.165, 1.54) is 52.1 Å². The molecule has 0 bridgehead atoms. The molecule has 0 saturated heterocycles. The second-order valence-corrected chi connectivity index (χ2v) is 23.0. The van der Waals surface area contributed by atoms with E-state index in [-0.39, 0.29) is 42.6 Å². The fraction of sp³-hybridized carbons (Fsp3) is 0.315. The lowest BCUT2D eigenvalue weighted by Crippen LogP contribution is -2.44. The minimum absolute atomic E-state index is 0.0214. The molecule has 408 valence electrons. The van der Waals surface area contributed by atoms with Crippen LogP contribution in [-0.2, 0) is 37.2 Å². The molecule has 14 nitrogen and oxygen atoms in total. The third kappa shape index (κ3) is 16.2. The first-order chi connectivity index (χ1) is 35.9. The van der Waals surface area contributed by atoms with Crippen LogP contribution in [0.1, 0.15) is 120 Å². The lowest BCUT2D eigenvalue weighted by Gasteiger charge is -2.34. The van der Waals surface area contributed by atoms with Crippen LogP contribution in [0, 0.1) is 0 Å². The van der Waals surface area contributed by atoms with Crippen LogP contribution >= 0.6 is 38.6 Å². The van der Waals surface area contributed by atoms with Gasteiger partial charge < -0.3 is 25.8 Å². The van der Waals surface area contributed by atoms with Crippen LogP contribution in [0.4, 0.5) is 35.9 Å². The summed E-state index contributed by atoms with van der Waals surface area (Å²) >= 11 is 5.67. The van der Waals surface area contributed by atoms with E-state index in [0.717, 1.165) is 41.0 Å². The van der Waals surface area contributed by atoms with Crippen molar-refractivity contribution in [3.8, 4) is 32.8 Å². The largest absolute Gasteiger partial charge is 0.465 e. The smallest absolute Gasteiger partial charge is 0.416 e. The lowest BCUT2D eigenvalue weighted by molar-refractivity contribution is -0.138. The number of alkyl carbamates (subject to hydrolysis) is 1. The highest BCUT2D eigenvalue weighted by Gasteiger charge is 2.34. The number of ether oxygens (including phenoxy) is 1. The van der Waals surface area contributed by atoms with E-state index in [1.807, 2.05) is 13.1 Å². The quantitative estimate of drug-likeness (QED) is 0.0817. The molecule has 0 aliphatic carbocycles. The van der Waals surface area contributed by atoms with Gasteiger partial charge in [0.2, 0.25) is 0 Å². The zero-order chi connectivity index (χ0) is 56.8. The number of aromatic nitrogens is 4. The number of carbonyl (C=O) groups excluding carboxylic acids is 3. The number of hydrogen-bond donors (Lipinski definition) is 4. The highest BCUT2D eigenvalue weighted by atomic mass is 79.9. The number of nitrogens with zero attached hydrogens (tertiary/aromatic N) is 5. The van der Waals surface area contributed by atoms with Gasteiger partial charge in [-0.15, -0.1) is 22.7 Å². The second-order valence-electron chi connectivity index (χ2n) is 19.7. The van der Waals surface area contributed by atoms with Crippen LogP contribution in [-0.4, -0.2) is 64.9 Å². The lowest BCUT2D eigenvalue weighted by atomic mass is 9.94. The number of carbonyl (C=O) groups is 4. The number of benzene rings is 4. The Morgan fingerprint density at radius 1 is 0.688 bits per heavy atom. The van der Waals surface area contributed by atoms with Crippen LogP contribution < -0.4 is 16.0 Å². The van der Waals surface area contributed by atoms with Crippen molar-refractivity contribution in [1.29, 1.82) is 0 Å². The van der Waals surface area contributed by atoms with Gasteiger partial charge in [-0.2, -0.15) is 31.4 Å². The molecular weight excluding hydrogens is 1110 g/mol. The van der Waals surface area contributed by atoms with Gasteiger partial charge in [0, 0.05) is 30.9 Å². The van der Waals surface area contributed by atoms with Gasteiger partial charge in [-0.05, 0) is 140 Å². The molecule has 0 fully saturated rings. The third-order valence-corrected chi connectivity index (χ3v) is 14.1. The van der Waals surface area contributed by atoms with E-state index in [0.29, 0.717) is 46.5 Å². The number of hydrogen-bond acceptors (Lipinski definition) is 10. The van der Waals surface area contributed by atoms with Crippen molar-refractivity contribution in [2.75, 3.05) is 0 Å². The number of carboxylic acid groups (broad SMARTS) is 1. The summed E-state index contributed by atoms with van der Waals surface area (Å²) in [5, 5.41) is 22.9. The van der Waals surface area contributed by atoms with Gasteiger partial charge in [-0.3, -0.25) is 19.2 Å². The van der Waals surface area contributed by atoms with E-state index >= 15 is 0 Å². The van der Waals surface area contributed by atoms with E-state index in [4.69, 9.17) is 4.74 Å². The summed E-state index contributed by atoms with van der Waals surface area (Å²) in [7, 11) is 1.80. The van der Waals surface area contributed by atoms with Crippen LogP contribution in [0.5, 0.6) is 0 Å². The predicted molar refractivity (Wildman–Crippen MR) is 286 cm³/mol. The Bertz CT molecular complexity index is 3220. The molecule has 4 aromatic carbocycles. The number of amides is 4. The SMILES string of the molecule is C[C@@H](NC(=O)c1cnc(-c2cnn(C)c2)s1)c1ccc(-c2cc(C(F)(F)F)ccc2CNC(=O)OC(C)(C)C)cc1.C[C@@H](NC(=O)c1cnc(Br)s1)c1ccc(-c2cc(C(F)(F)F)ccc2CN(C(=O)O)C(C)(C)C)cc1. The van der Waals surface area contributed by atoms with Gasteiger partial charge in [-0.1, -0.05) is 60.7 Å². The molecule has 4 amide bonds. The van der Waals surface area contributed by atoms with Crippen LogP contribution in [0.2, 0.25) is 0 Å². The van der Waals surface area contributed by atoms with Gasteiger partial charge in [0.15, 0.2) is 3.92 Å². The predicted octanol–water partition coefficient (Wildman–Crippen LogP) is 14.1. The molecule has 0 radical (unpaired) electrons. The summed E-state index contributed by atoms with van der Waals surface area (Å²) in [5.41, 5.74) is 1.84. The molecule has 2 atom stereocenters. The van der Waals surface area contributed by atoms with Crippen molar-refractivity contribution in [2.45, 2.75) is 104 Å².